The first-order chi connectivity index (χ1) is 13.0. The number of esters is 1. The number of benzene rings is 1. The Morgan fingerprint density at radius 1 is 1.41 bits per heavy atom. The summed E-state index contributed by atoms with van der Waals surface area (Å²) in [6, 6.07) is 4.85. The second kappa shape index (κ2) is 6.36. The van der Waals surface area contributed by atoms with Crippen molar-refractivity contribution in [1.29, 1.82) is 0 Å². The number of carbonyl (C=O) groups excluding carboxylic acids is 2. The van der Waals surface area contributed by atoms with Crippen LogP contribution in [0.3, 0.4) is 0 Å². The van der Waals surface area contributed by atoms with Crippen molar-refractivity contribution in [2.45, 2.75) is 6.92 Å². The van der Waals surface area contributed by atoms with Crippen molar-refractivity contribution < 1.29 is 14.3 Å². The fraction of sp³-hybridized carbons (Fsp3) is 0.118. The van der Waals surface area contributed by atoms with Crippen LogP contribution < -0.4 is 5.56 Å². The third-order valence-electron chi connectivity index (χ3n) is 3.91. The van der Waals surface area contributed by atoms with Crippen LogP contribution in [0, 0.1) is 0 Å². The molecule has 0 radical (unpaired) electrons. The number of ether oxygens (including phenoxy) is 1. The molecule has 1 N–H and O–H groups in total. The number of hydrogen-bond donors (Lipinski definition) is 1. The van der Waals surface area contributed by atoms with Crippen LogP contribution in [0.25, 0.3) is 22.4 Å². The van der Waals surface area contributed by atoms with Crippen molar-refractivity contribution in [3.05, 3.63) is 57.4 Å². The van der Waals surface area contributed by atoms with Crippen LogP contribution in [-0.4, -0.2) is 43.0 Å². The average molecular weight is 386 g/mol. The van der Waals surface area contributed by atoms with Crippen molar-refractivity contribution in [3.8, 4) is 5.69 Å². The first kappa shape index (κ1) is 17.0. The molecular formula is C17H12ClN5O4. The molecule has 0 spiro atoms. The number of nitrogens with one attached hydrogen (secondary N) is 1. The van der Waals surface area contributed by atoms with Crippen LogP contribution in [0.2, 0.25) is 5.02 Å². The predicted octanol–water partition coefficient (Wildman–Crippen LogP) is 2.00. The molecule has 3 heterocycles. The van der Waals surface area contributed by atoms with Crippen molar-refractivity contribution in [2.24, 2.45) is 0 Å². The van der Waals surface area contributed by atoms with Gasteiger partial charge in [-0.2, -0.15) is 4.98 Å². The van der Waals surface area contributed by atoms with E-state index in [1.807, 2.05) is 0 Å². The maximum atomic E-state index is 12.4. The number of halogens is 1. The topological polar surface area (TPSA) is 111 Å². The Morgan fingerprint density at radius 2 is 2.22 bits per heavy atom. The lowest BCUT2D eigenvalue weighted by molar-refractivity contribution is 0.0512. The zero-order valence-corrected chi connectivity index (χ0v) is 14.7. The van der Waals surface area contributed by atoms with E-state index in [-0.39, 0.29) is 18.1 Å². The van der Waals surface area contributed by atoms with Gasteiger partial charge < -0.3 is 14.3 Å². The van der Waals surface area contributed by atoms with E-state index in [9.17, 15) is 14.4 Å². The van der Waals surface area contributed by atoms with Crippen LogP contribution in [0.5, 0.6) is 0 Å². The molecule has 0 bridgehead atoms. The number of hydrogen-bond acceptors (Lipinski definition) is 6. The lowest BCUT2D eigenvalue weighted by Gasteiger charge is -2.09. The summed E-state index contributed by atoms with van der Waals surface area (Å²) in [6.45, 7) is 1.82. The summed E-state index contributed by atoms with van der Waals surface area (Å²) in [7, 11) is 0. The van der Waals surface area contributed by atoms with Gasteiger partial charge in [-0.3, -0.25) is 9.59 Å². The average Bonchev–Trinajstić information content (AvgIpc) is 3.28. The first-order valence-electron chi connectivity index (χ1n) is 7.94. The smallest absolute Gasteiger partial charge is 0.378 e. The minimum atomic E-state index is -0.728. The van der Waals surface area contributed by atoms with Gasteiger partial charge in [-0.15, -0.1) is 5.10 Å². The van der Waals surface area contributed by atoms with E-state index >= 15 is 0 Å². The van der Waals surface area contributed by atoms with Crippen LogP contribution in [-0.2, 0) is 4.74 Å². The van der Waals surface area contributed by atoms with Crippen LogP contribution >= 0.6 is 11.6 Å². The molecule has 4 aromatic rings. The summed E-state index contributed by atoms with van der Waals surface area (Å²) < 4.78 is 7.85. The van der Waals surface area contributed by atoms with Crippen LogP contribution in [0.1, 0.15) is 27.9 Å². The molecule has 9 nitrogen and oxygen atoms in total. The van der Waals surface area contributed by atoms with E-state index in [0.29, 0.717) is 27.3 Å². The lowest BCUT2D eigenvalue weighted by atomic mass is 10.2. The van der Waals surface area contributed by atoms with Gasteiger partial charge in [0.25, 0.3) is 11.4 Å². The Hall–Kier alpha value is -3.46. The number of carbonyl (C=O) groups is 2. The molecule has 0 atom stereocenters. The highest BCUT2D eigenvalue weighted by Crippen LogP contribution is 2.26. The standard InChI is InChI=1S/C17H12ClN5O4/c1-2-27-17(26)14-20-15-16(25)19-11-5-10(18)6-12(13(11)23(15)21-14)22-4-3-9(7-22)8-24/h3-8H,2H2,1H3,(H,19,25). The fourth-order valence-electron chi connectivity index (χ4n) is 2.81. The Balaban J connectivity index is 2.08. The van der Waals surface area contributed by atoms with Crippen molar-refractivity contribution in [3.63, 3.8) is 0 Å². The summed E-state index contributed by atoms with van der Waals surface area (Å²) in [6.07, 6.45) is 4.00. The SMILES string of the molecule is CCOC(=O)c1nc2c(=O)[nH]c3cc(Cl)cc(-n4ccc(C=O)c4)c3n2n1. The van der Waals surface area contributed by atoms with E-state index in [0.717, 1.165) is 6.29 Å². The Bertz CT molecular complexity index is 1270. The summed E-state index contributed by atoms with van der Waals surface area (Å²) in [5, 5.41) is 4.52. The Kier molecular flexibility index (Phi) is 4.00. The molecule has 0 amide bonds. The van der Waals surface area contributed by atoms with E-state index in [2.05, 4.69) is 15.1 Å². The molecule has 136 valence electrons. The van der Waals surface area contributed by atoms with E-state index in [1.54, 1.807) is 42.1 Å². The third kappa shape index (κ3) is 2.77. The number of fused-ring (bicyclic) bond motifs is 3. The van der Waals surface area contributed by atoms with E-state index in [4.69, 9.17) is 16.3 Å². The number of H-pyrrole nitrogens is 1. The largest absolute Gasteiger partial charge is 0.460 e. The second-order valence-electron chi connectivity index (χ2n) is 5.64. The van der Waals surface area contributed by atoms with Crippen molar-refractivity contribution in [2.75, 3.05) is 6.61 Å². The molecule has 0 fully saturated rings. The molecule has 10 heteroatoms. The summed E-state index contributed by atoms with van der Waals surface area (Å²) in [5.74, 6) is -0.953. The summed E-state index contributed by atoms with van der Waals surface area (Å²) in [5.41, 5.74) is 1.29. The van der Waals surface area contributed by atoms with Crippen LogP contribution in [0.15, 0.2) is 35.4 Å². The van der Waals surface area contributed by atoms with E-state index < -0.39 is 11.5 Å². The number of aromatic nitrogens is 5. The minimum absolute atomic E-state index is 0.0584. The highest BCUT2D eigenvalue weighted by atomic mass is 35.5. The monoisotopic (exact) mass is 385 g/mol. The van der Waals surface area contributed by atoms with Gasteiger partial charge in [-0.05, 0) is 25.1 Å². The highest BCUT2D eigenvalue weighted by molar-refractivity contribution is 6.31. The summed E-state index contributed by atoms with van der Waals surface area (Å²) in [4.78, 5) is 42.0. The number of rotatable bonds is 4. The van der Waals surface area contributed by atoms with Gasteiger partial charge in [0.05, 0.1) is 17.8 Å². The number of nitrogens with zero attached hydrogens (tertiary/aromatic N) is 4. The van der Waals surface area contributed by atoms with Gasteiger partial charge in [0.15, 0.2) is 6.29 Å². The second-order valence-corrected chi connectivity index (χ2v) is 6.07. The highest BCUT2D eigenvalue weighted by Gasteiger charge is 2.20. The normalized spacial score (nSPS) is 11.2. The molecule has 0 aliphatic carbocycles. The molecule has 0 saturated carbocycles. The quantitative estimate of drug-likeness (QED) is 0.425. The van der Waals surface area contributed by atoms with Crippen LogP contribution in [0.4, 0.5) is 0 Å². The van der Waals surface area contributed by atoms with Gasteiger partial charge >= 0.3 is 5.97 Å². The van der Waals surface area contributed by atoms with Gasteiger partial charge in [-0.25, -0.2) is 9.31 Å². The number of aldehydes is 1. The molecule has 4 rings (SSSR count). The zero-order chi connectivity index (χ0) is 19.1. The maximum absolute atomic E-state index is 12.4. The molecule has 3 aromatic heterocycles. The van der Waals surface area contributed by atoms with E-state index in [1.165, 1.54) is 4.52 Å². The lowest BCUT2D eigenvalue weighted by Crippen LogP contribution is -2.13. The molecule has 1 aromatic carbocycles. The van der Waals surface area contributed by atoms with Gasteiger partial charge in [-0.1, -0.05) is 11.6 Å². The fourth-order valence-corrected chi connectivity index (χ4v) is 3.02. The van der Waals surface area contributed by atoms with Gasteiger partial charge in [0, 0.05) is 23.0 Å². The summed E-state index contributed by atoms with van der Waals surface area (Å²) >= 11 is 6.19. The molecule has 27 heavy (non-hydrogen) atoms. The van der Waals surface area contributed by atoms with Gasteiger partial charge in [0.1, 0.15) is 5.52 Å². The van der Waals surface area contributed by atoms with Crippen molar-refractivity contribution in [1.82, 2.24) is 24.1 Å². The first-order valence-corrected chi connectivity index (χ1v) is 8.32. The molecule has 0 aliphatic rings. The van der Waals surface area contributed by atoms with Gasteiger partial charge in [0.2, 0.25) is 5.65 Å². The molecular weight excluding hydrogens is 374 g/mol. The minimum Gasteiger partial charge on any atom is -0.460 e. The molecule has 0 unspecified atom stereocenters. The maximum Gasteiger partial charge on any atom is 0.378 e. The Morgan fingerprint density at radius 3 is 2.93 bits per heavy atom. The Labute approximate surface area is 156 Å². The zero-order valence-electron chi connectivity index (χ0n) is 14.0. The van der Waals surface area contributed by atoms with Crippen molar-refractivity contribution >= 4 is 40.5 Å². The third-order valence-corrected chi connectivity index (χ3v) is 4.13. The predicted molar refractivity (Wildman–Crippen MR) is 96.8 cm³/mol. The molecule has 0 saturated heterocycles. The number of aromatic amines is 1. The molecule has 0 aliphatic heterocycles.